The molecule has 0 aliphatic heterocycles. The third-order valence-electron chi connectivity index (χ3n) is 7.61. The van der Waals surface area contributed by atoms with Crippen LogP contribution < -0.4 is 19.5 Å². The van der Waals surface area contributed by atoms with Crippen LogP contribution in [0.25, 0.3) is 22.3 Å². The van der Waals surface area contributed by atoms with E-state index >= 15 is 0 Å². The summed E-state index contributed by atoms with van der Waals surface area (Å²) < 4.78 is 51.4. The van der Waals surface area contributed by atoms with Gasteiger partial charge in [0.25, 0.3) is 0 Å². The van der Waals surface area contributed by atoms with Gasteiger partial charge in [-0.15, -0.1) is 0 Å². The second kappa shape index (κ2) is 15.4. The van der Waals surface area contributed by atoms with E-state index in [-0.39, 0.29) is 18.0 Å². The van der Waals surface area contributed by atoms with Crippen molar-refractivity contribution in [3.63, 3.8) is 0 Å². The fourth-order valence-corrected chi connectivity index (χ4v) is 6.61. The lowest BCUT2D eigenvalue weighted by Crippen LogP contribution is -2.30. The summed E-state index contributed by atoms with van der Waals surface area (Å²) in [6.07, 6.45) is 4.39. The molecule has 5 rings (SSSR count). The van der Waals surface area contributed by atoms with E-state index in [0.29, 0.717) is 23.1 Å². The van der Waals surface area contributed by atoms with E-state index in [4.69, 9.17) is 18.9 Å². The highest BCUT2D eigenvalue weighted by atomic mass is 32.2. The molecule has 2 heterocycles. The molecule has 1 amide bonds. The van der Waals surface area contributed by atoms with Gasteiger partial charge in [-0.2, -0.15) is 4.31 Å². The number of hydrogen-bond acceptors (Lipinski definition) is 9. The number of anilines is 1. The largest absolute Gasteiger partial charge is 0.493 e. The molecular formula is C38H40N4O7S. The van der Waals surface area contributed by atoms with E-state index in [2.05, 4.69) is 15.3 Å². The van der Waals surface area contributed by atoms with E-state index in [1.165, 1.54) is 11.4 Å². The van der Waals surface area contributed by atoms with Gasteiger partial charge in [-0.25, -0.2) is 18.2 Å². The van der Waals surface area contributed by atoms with Crippen molar-refractivity contribution in [1.29, 1.82) is 0 Å². The molecule has 5 aromatic rings. The molecule has 0 spiro atoms. The average molecular weight is 697 g/mol. The number of methoxy groups -OCH3 is 3. The number of sulfonamides is 1. The number of ether oxygens (including phenoxy) is 4. The van der Waals surface area contributed by atoms with Gasteiger partial charge in [0.2, 0.25) is 15.8 Å². The predicted molar refractivity (Wildman–Crippen MR) is 192 cm³/mol. The minimum atomic E-state index is -3.94. The summed E-state index contributed by atoms with van der Waals surface area (Å²) in [6, 6.07) is 25.1. The first kappa shape index (κ1) is 35.8. The first-order chi connectivity index (χ1) is 23.9. The van der Waals surface area contributed by atoms with Crippen LogP contribution in [-0.4, -0.2) is 55.7 Å². The first-order valence-electron chi connectivity index (χ1n) is 15.7. The van der Waals surface area contributed by atoms with Crippen LogP contribution in [0.5, 0.6) is 17.2 Å². The average Bonchev–Trinajstić information content (AvgIpc) is 3.11. The number of pyridine rings is 2. The minimum Gasteiger partial charge on any atom is -0.493 e. The molecule has 0 saturated carbocycles. The molecule has 2 aromatic heterocycles. The zero-order chi connectivity index (χ0) is 35.9. The monoisotopic (exact) mass is 696 g/mol. The molecule has 1 N–H and O–H groups in total. The lowest BCUT2D eigenvalue weighted by atomic mass is 10.0. The number of rotatable bonds is 12. The van der Waals surface area contributed by atoms with Gasteiger partial charge in [-0.3, -0.25) is 10.3 Å². The maximum atomic E-state index is 14.1. The Balaban J connectivity index is 1.36. The summed E-state index contributed by atoms with van der Waals surface area (Å²) in [4.78, 5) is 20.8. The fraction of sp³-hybridized carbons (Fsp3) is 0.237. The third kappa shape index (κ3) is 8.76. The van der Waals surface area contributed by atoms with Gasteiger partial charge in [0.15, 0.2) is 11.5 Å². The standard InChI is InChI=1S/C38H40N4O7S/c1-38(2,3)49-37(43)41-35-18-15-30(23-40-35)28-11-9-26(10-12-28)24-42(25-27-8-7-19-39-22-27)50(44,45)32-16-13-29(14-17-32)31-20-33(46-4)36(48-6)34(21-31)47-5/h7-23H,24-25H2,1-6H3,(H,40,41,43). The van der Waals surface area contributed by atoms with Gasteiger partial charge in [-0.1, -0.05) is 42.5 Å². The molecule has 0 unspecified atom stereocenters. The molecule has 0 bridgehead atoms. The van der Waals surface area contributed by atoms with Gasteiger partial charge in [-0.05, 0) is 91.1 Å². The first-order valence-corrected chi connectivity index (χ1v) is 17.2. The van der Waals surface area contributed by atoms with Crippen molar-refractivity contribution < 1.29 is 32.2 Å². The number of benzene rings is 3. The molecule has 0 fully saturated rings. The second-order valence-corrected chi connectivity index (χ2v) is 14.3. The van der Waals surface area contributed by atoms with Crippen molar-refractivity contribution in [2.75, 3.05) is 26.6 Å². The van der Waals surface area contributed by atoms with Gasteiger partial charge in [0.1, 0.15) is 11.4 Å². The zero-order valence-electron chi connectivity index (χ0n) is 28.8. The summed E-state index contributed by atoms with van der Waals surface area (Å²) in [6.45, 7) is 5.62. The van der Waals surface area contributed by atoms with Crippen LogP contribution in [0.15, 0.2) is 108 Å². The van der Waals surface area contributed by atoms with Crippen molar-refractivity contribution in [2.24, 2.45) is 0 Å². The Morgan fingerprint density at radius 2 is 1.34 bits per heavy atom. The van der Waals surface area contributed by atoms with Gasteiger partial charge in [0, 0.05) is 37.2 Å². The highest BCUT2D eigenvalue weighted by Crippen LogP contribution is 2.41. The topological polar surface area (TPSA) is 129 Å². The number of carbonyl (C=O) groups excluding carboxylic acids is 1. The summed E-state index contributed by atoms with van der Waals surface area (Å²) in [5, 5.41) is 2.63. The van der Waals surface area contributed by atoms with Crippen LogP contribution >= 0.6 is 0 Å². The molecule has 50 heavy (non-hydrogen) atoms. The summed E-state index contributed by atoms with van der Waals surface area (Å²) in [7, 11) is 0.688. The SMILES string of the molecule is COc1cc(-c2ccc(S(=O)(=O)N(Cc3ccc(-c4ccc(NC(=O)OC(C)(C)C)nc4)cc3)Cc3cccnc3)cc2)cc(OC)c1OC. The molecule has 3 aromatic carbocycles. The lowest BCUT2D eigenvalue weighted by Gasteiger charge is -2.23. The number of nitrogens with zero attached hydrogens (tertiary/aromatic N) is 3. The van der Waals surface area contributed by atoms with E-state index < -0.39 is 21.7 Å². The van der Waals surface area contributed by atoms with Crippen molar-refractivity contribution in [2.45, 2.75) is 44.4 Å². The quantitative estimate of drug-likeness (QED) is 0.140. The molecular weight excluding hydrogens is 657 g/mol. The molecule has 0 radical (unpaired) electrons. The summed E-state index contributed by atoms with van der Waals surface area (Å²) in [5.41, 5.74) is 4.21. The molecule has 0 aliphatic carbocycles. The van der Waals surface area contributed by atoms with E-state index in [1.54, 1.807) is 90.0 Å². The van der Waals surface area contributed by atoms with Crippen LogP contribution in [0.1, 0.15) is 31.9 Å². The van der Waals surface area contributed by atoms with Gasteiger partial charge >= 0.3 is 6.09 Å². The fourth-order valence-electron chi connectivity index (χ4n) is 5.19. The number of aromatic nitrogens is 2. The number of carbonyl (C=O) groups is 1. The zero-order valence-corrected chi connectivity index (χ0v) is 29.7. The Hall–Kier alpha value is -5.46. The summed E-state index contributed by atoms with van der Waals surface area (Å²) >= 11 is 0. The molecule has 12 heteroatoms. The van der Waals surface area contributed by atoms with Crippen LogP contribution in [0.3, 0.4) is 0 Å². The summed E-state index contributed by atoms with van der Waals surface area (Å²) in [5.74, 6) is 1.83. The molecule has 0 atom stereocenters. The van der Waals surface area contributed by atoms with Gasteiger partial charge < -0.3 is 18.9 Å². The van der Waals surface area contributed by atoms with Crippen molar-refractivity contribution in [3.8, 4) is 39.5 Å². The minimum absolute atomic E-state index is 0.128. The Labute approximate surface area is 292 Å². The molecule has 0 saturated heterocycles. The number of nitrogens with one attached hydrogen (secondary N) is 1. The lowest BCUT2D eigenvalue weighted by molar-refractivity contribution is 0.0635. The van der Waals surface area contributed by atoms with Crippen molar-refractivity contribution in [3.05, 3.63) is 115 Å². The molecule has 0 aliphatic rings. The third-order valence-corrected chi connectivity index (χ3v) is 9.42. The van der Waals surface area contributed by atoms with Gasteiger partial charge in [0.05, 0.1) is 26.2 Å². The van der Waals surface area contributed by atoms with E-state index in [1.807, 2.05) is 48.5 Å². The highest BCUT2D eigenvalue weighted by Gasteiger charge is 2.26. The highest BCUT2D eigenvalue weighted by molar-refractivity contribution is 7.89. The Kier molecular flexibility index (Phi) is 11.0. The number of hydrogen-bond donors (Lipinski definition) is 1. The van der Waals surface area contributed by atoms with Crippen LogP contribution in [0.4, 0.5) is 10.6 Å². The van der Waals surface area contributed by atoms with Crippen molar-refractivity contribution in [1.82, 2.24) is 14.3 Å². The second-order valence-electron chi connectivity index (χ2n) is 12.3. The number of amides is 1. The maximum Gasteiger partial charge on any atom is 0.413 e. The van der Waals surface area contributed by atoms with E-state index in [0.717, 1.165) is 33.4 Å². The maximum absolute atomic E-state index is 14.1. The molecule has 260 valence electrons. The van der Waals surface area contributed by atoms with Crippen LogP contribution in [0, 0.1) is 0 Å². The Morgan fingerprint density at radius 1 is 0.740 bits per heavy atom. The molecule has 11 nitrogen and oxygen atoms in total. The van der Waals surface area contributed by atoms with Crippen LogP contribution in [0.2, 0.25) is 0 Å². The Bertz CT molecular complexity index is 1990. The van der Waals surface area contributed by atoms with Crippen molar-refractivity contribution >= 4 is 21.9 Å². The Morgan fingerprint density at radius 3 is 1.88 bits per heavy atom. The smallest absolute Gasteiger partial charge is 0.413 e. The van der Waals surface area contributed by atoms with Crippen LogP contribution in [-0.2, 0) is 27.8 Å². The van der Waals surface area contributed by atoms with E-state index in [9.17, 15) is 13.2 Å². The predicted octanol–water partition coefficient (Wildman–Crippen LogP) is 7.57. The normalized spacial score (nSPS) is 11.6.